The molecule has 1 N–H and O–H groups in total. The number of aromatic nitrogens is 2. The van der Waals surface area contributed by atoms with E-state index in [4.69, 9.17) is 4.52 Å². The number of nitrogens with zero attached hydrogens (tertiary/aromatic N) is 2. The highest BCUT2D eigenvalue weighted by Crippen LogP contribution is 2.15. The number of aliphatic hydroxyl groups is 1. The van der Waals surface area contributed by atoms with E-state index in [2.05, 4.69) is 10.1 Å². The Labute approximate surface area is 58.9 Å². The molecule has 1 aromatic heterocycles. The first-order valence-electron chi connectivity index (χ1n) is 3.03. The van der Waals surface area contributed by atoms with Gasteiger partial charge in [-0.05, 0) is 20.8 Å². The van der Waals surface area contributed by atoms with Gasteiger partial charge in [-0.15, -0.1) is 0 Å². The Morgan fingerprint density at radius 1 is 1.50 bits per heavy atom. The van der Waals surface area contributed by atoms with Crippen molar-refractivity contribution < 1.29 is 9.63 Å². The van der Waals surface area contributed by atoms with Crippen molar-refractivity contribution >= 4 is 0 Å². The standard InChI is InChI=1S/C6H10N2O2/c1-4-7-5(10-8-4)6(2,3)9/h9H,1-3H3. The van der Waals surface area contributed by atoms with Crippen molar-refractivity contribution in [3.63, 3.8) is 0 Å². The molecule has 4 heteroatoms. The van der Waals surface area contributed by atoms with Gasteiger partial charge in [0, 0.05) is 0 Å². The highest BCUT2D eigenvalue weighted by Gasteiger charge is 2.22. The van der Waals surface area contributed by atoms with E-state index in [1.54, 1.807) is 20.8 Å². The van der Waals surface area contributed by atoms with E-state index < -0.39 is 5.60 Å². The third kappa shape index (κ3) is 1.33. The van der Waals surface area contributed by atoms with E-state index in [9.17, 15) is 5.11 Å². The molecule has 4 nitrogen and oxygen atoms in total. The van der Waals surface area contributed by atoms with Crippen molar-refractivity contribution in [2.75, 3.05) is 0 Å². The Morgan fingerprint density at radius 2 is 2.10 bits per heavy atom. The molecule has 0 saturated carbocycles. The van der Waals surface area contributed by atoms with Gasteiger partial charge in [-0.2, -0.15) is 4.98 Å². The minimum absolute atomic E-state index is 0.255. The molecule has 0 radical (unpaired) electrons. The molecule has 56 valence electrons. The van der Waals surface area contributed by atoms with Gasteiger partial charge in [0.15, 0.2) is 5.82 Å². The van der Waals surface area contributed by atoms with Gasteiger partial charge in [0.05, 0.1) is 0 Å². The average Bonchev–Trinajstić information content (AvgIpc) is 2.11. The van der Waals surface area contributed by atoms with Crippen molar-refractivity contribution in [2.24, 2.45) is 0 Å². The molecular weight excluding hydrogens is 132 g/mol. The third-order valence-corrected chi connectivity index (χ3v) is 1.05. The lowest BCUT2D eigenvalue weighted by Gasteiger charge is -2.09. The Bertz CT molecular complexity index is 224. The zero-order chi connectivity index (χ0) is 7.78. The summed E-state index contributed by atoms with van der Waals surface area (Å²) in [7, 11) is 0. The quantitative estimate of drug-likeness (QED) is 0.624. The monoisotopic (exact) mass is 142 g/mol. The van der Waals surface area contributed by atoms with Gasteiger partial charge in [0.25, 0.3) is 5.89 Å². The van der Waals surface area contributed by atoms with Crippen molar-refractivity contribution in [2.45, 2.75) is 26.4 Å². The van der Waals surface area contributed by atoms with Crippen LogP contribution in [0.1, 0.15) is 25.6 Å². The molecule has 0 aromatic carbocycles. The maximum atomic E-state index is 9.31. The van der Waals surface area contributed by atoms with Crippen LogP contribution in [0.4, 0.5) is 0 Å². The highest BCUT2D eigenvalue weighted by atomic mass is 16.5. The third-order valence-electron chi connectivity index (χ3n) is 1.05. The molecule has 1 heterocycles. The normalized spacial score (nSPS) is 12.0. The number of rotatable bonds is 1. The fourth-order valence-electron chi connectivity index (χ4n) is 0.546. The summed E-state index contributed by atoms with van der Waals surface area (Å²) in [6.07, 6.45) is 0. The fourth-order valence-corrected chi connectivity index (χ4v) is 0.546. The molecule has 0 spiro atoms. The van der Waals surface area contributed by atoms with Crippen molar-refractivity contribution in [3.05, 3.63) is 11.7 Å². The van der Waals surface area contributed by atoms with Crippen LogP contribution in [-0.4, -0.2) is 15.2 Å². The van der Waals surface area contributed by atoms with Crippen molar-refractivity contribution in [1.29, 1.82) is 0 Å². The van der Waals surface area contributed by atoms with Gasteiger partial charge >= 0.3 is 0 Å². The summed E-state index contributed by atoms with van der Waals surface area (Å²) < 4.78 is 4.72. The summed E-state index contributed by atoms with van der Waals surface area (Å²) in [5.74, 6) is 0.794. The lowest BCUT2D eigenvalue weighted by molar-refractivity contribution is 0.0420. The lowest BCUT2D eigenvalue weighted by atomic mass is 10.1. The molecule has 10 heavy (non-hydrogen) atoms. The Morgan fingerprint density at radius 3 is 2.30 bits per heavy atom. The van der Waals surface area contributed by atoms with Crippen LogP contribution in [0.25, 0.3) is 0 Å². The molecule has 1 rings (SSSR count). The first-order chi connectivity index (χ1) is 4.50. The number of hydrogen-bond acceptors (Lipinski definition) is 4. The van der Waals surface area contributed by atoms with E-state index >= 15 is 0 Å². The van der Waals surface area contributed by atoms with Gasteiger partial charge in [-0.1, -0.05) is 5.16 Å². The fraction of sp³-hybridized carbons (Fsp3) is 0.667. The molecule has 1 aromatic rings. The second kappa shape index (κ2) is 2.05. The zero-order valence-corrected chi connectivity index (χ0v) is 6.25. The van der Waals surface area contributed by atoms with Crippen LogP contribution < -0.4 is 0 Å². The number of hydrogen-bond donors (Lipinski definition) is 1. The van der Waals surface area contributed by atoms with Crippen molar-refractivity contribution in [3.8, 4) is 0 Å². The van der Waals surface area contributed by atoms with Crippen molar-refractivity contribution in [1.82, 2.24) is 10.1 Å². The van der Waals surface area contributed by atoms with Gasteiger partial charge in [-0.25, -0.2) is 0 Å². The van der Waals surface area contributed by atoms with Gasteiger partial charge in [0.1, 0.15) is 5.60 Å². The molecule has 0 aliphatic heterocycles. The van der Waals surface area contributed by atoms with Crippen LogP contribution in [0, 0.1) is 6.92 Å². The summed E-state index contributed by atoms with van der Waals surface area (Å²) in [6.45, 7) is 4.90. The van der Waals surface area contributed by atoms with Gasteiger partial charge in [-0.3, -0.25) is 0 Å². The molecule has 0 aliphatic carbocycles. The molecule has 0 amide bonds. The maximum Gasteiger partial charge on any atom is 0.258 e. The molecule has 0 atom stereocenters. The topological polar surface area (TPSA) is 59.2 Å². The van der Waals surface area contributed by atoms with E-state index in [0.29, 0.717) is 5.82 Å². The predicted molar refractivity (Wildman–Crippen MR) is 34.3 cm³/mol. The first-order valence-corrected chi connectivity index (χ1v) is 3.03. The van der Waals surface area contributed by atoms with E-state index in [1.807, 2.05) is 0 Å². The summed E-state index contributed by atoms with van der Waals surface area (Å²) in [5.41, 5.74) is -1.03. The Kier molecular flexibility index (Phi) is 1.48. The van der Waals surface area contributed by atoms with Crippen LogP contribution in [-0.2, 0) is 5.60 Å². The minimum Gasteiger partial charge on any atom is -0.381 e. The molecular formula is C6H10N2O2. The van der Waals surface area contributed by atoms with Gasteiger partial charge in [0.2, 0.25) is 0 Å². The van der Waals surface area contributed by atoms with Crippen LogP contribution in [0.15, 0.2) is 4.52 Å². The van der Waals surface area contributed by atoms with Crippen LogP contribution in [0.5, 0.6) is 0 Å². The molecule has 0 unspecified atom stereocenters. The van der Waals surface area contributed by atoms with E-state index in [0.717, 1.165) is 0 Å². The Hall–Kier alpha value is -0.900. The second-order valence-corrected chi connectivity index (χ2v) is 2.71. The lowest BCUT2D eigenvalue weighted by Crippen LogP contribution is -2.15. The van der Waals surface area contributed by atoms with Gasteiger partial charge < -0.3 is 9.63 Å². The SMILES string of the molecule is Cc1noc(C(C)(C)O)n1. The molecule has 0 aliphatic rings. The number of aryl methyl sites for hydroxylation is 1. The Balaban J connectivity index is 2.96. The zero-order valence-electron chi connectivity index (χ0n) is 6.25. The smallest absolute Gasteiger partial charge is 0.258 e. The second-order valence-electron chi connectivity index (χ2n) is 2.71. The summed E-state index contributed by atoms with van der Waals surface area (Å²) in [4.78, 5) is 3.85. The van der Waals surface area contributed by atoms with Crippen LogP contribution in [0.2, 0.25) is 0 Å². The highest BCUT2D eigenvalue weighted by molar-refractivity contribution is 4.92. The van der Waals surface area contributed by atoms with E-state index in [-0.39, 0.29) is 5.89 Å². The minimum atomic E-state index is -1.03. The van der Waals surface area contributed by atoms with Crippen LogP contribution in [0.3, 0.4) is 0 Å². The molecule has 0 saturated heterocycles. The summed E-state index contributed by atoms with van der Waals surface area (Å²) >= 11 is 0. The summed E-state index contributed by atoms with van der Waals surface area (Å²) in [6, 6.07) is 0. The largest absolute Gasteiger partial charge is 0.381 e. The van der Waals surface area contributed by atoms with Crippen LogP contribution >= 0.6 is 0 Å². The molecule has 0 fully saturated rings. The summed E-state index contributed by atoms with van der Waals surface area (Å²) in [5, 5.41) is 12.8. The first kappa shape index (κ1) is 7.21. The predicted octanol–water partition coefficient (Wildman–Crippen LogP) is 0.605. The maximum absolute atomic E-state index is 9.31. The average molecular weight is 142 g/mol. The molecule has 0 bridgehead atoms. The van der Waals surface area contributed by atoms with E-state index in [1.165, 1.54) is 0 Å².